The Labute approximate surface area is 150 Å². The number of piperazine rings is 1. The van der Waals surface area contributed by atoms with E-state index < -0.39 is 23.6 Å². The average molecular weight is 351 g/mol. The summed E-state index contributed by atoms with van der Waals surface area (Å²) in [6, 6.07) is 17.1. The SMILES string of the molecule is CC(=O)N(C(=O)c1ccccc1)N1C(=O)CN(c2ccccc2)CC1=O. The number of hydrazine groups is 1. The van der Waals surface area contributed by atoms with Crippen molar-refractivity contribution in [2.45, 2.75) is 6.92 Å². The fraction of sp³-hybridized carbons (Fsp3) is 0.158. The average Bonchev–Trinajstić information content (AvgIpc) is 2.65. The number of benzene rings is 2. The molecule has 2 aromatic rings. The topological polar surface area (TPSA) is 78.0 Å². The molecule has 0 unspecified atom stereocenters. The summed E-state index contributed by atoms with van der Waals surface area (Å²) in [5.74, 6) is -2.68. The van der Waals surface area contributed by atoms with Crippen molar-refractivity contribution in [3.63, 3.8) is 0 Å². The summed E-state index contributed by atoms with van der Waals surface area (Å²) in [5, 5.41) is 1.26. The maximum Gasteiger partial charge on any atom is 0.280 e. The number of imide groups is 2. The van der Waals surface area contributed by atoms with Gasteiger partial charge in [0.15, 0.2) is 0 Å². The van der Waals surface area contributed by atoms with Crippen LogP contribution in [0, 0.1) is 0 Å². The van der Waals surface area contributed by atoms with E-state index in [0.717, 1.165) is 12.6 Å². The Balaban J connectivity index is 1.87. The second-order valence-corrected chi connectivity index (χ2v) is 5.79. The predicted octanol–water partition coefficient (Wildman–Crippen LogP) is 1.47. The second kappa shape index (κ2) is 7.18. The van der Waals surface area contributed by atoms with E-state index in [4.69, 9.17) is 0 Å². The molecule has 0 radical (unpaired) electrons. The van der Waals surface area contributed by atoms with E-state index in [9.17, 15) is 19.2 Å². The number of amides is 4. The van der Waals surface area contributed by atoms with Crippen LogP contribution in [0.5, 0.6) is 0 Å². The van der Waals surface area contributed by atoms with Gasteiger partial charge in [0.1, 0.15) is 0 Å². The van der Waals surface area contributed by atoms with Crippen LogP contribution < -0.4 is 4.90 Å². The molecule has 0 N–H and O–H groups in total. The minimum absolute atomic E-state index is 0.110. The van der Waals surface area contributed by atoms with Crippen molar-refractivity contribution < 1.29 is 19.2 Å². The standard InChI is InChI=1S/C19H17N3O4/c1-14(23)21(19(26)15-8-4-2-5-9-15)22-17(24)12-20(13-18(22)25)16-10-6-3-7-11-16/h2-11H,12-13H2,1H3. The van der Waals surface area contributed by atoms with Crippen LogP contribution in [-0.4, -0.2) is 46.7 Å². The molecule has 0 bridgehead atoms. The predicted molar refractivity (Wildman–Crippen MR) is 93.8 cm³/mol. The highest BCUT2D eigenvalue weighted by atomic mass is 16.2. The number of hydrogen-bond donors (Lipinski definition) is 0. The summed E-state index contributed by atoms with van der Waals surface area (Å²) >= 11 is 0. The first-order valence-corrected chi connectivity index (χ1v) is 8.05. The van der Waals surface area contributed by atoms with Gasteiger partial charge in [-0.2, -0.15) is 10.0 Å². The lowest BCUT2D eigenvalue weighted by Crippen LogP contribution is -2.63. The quantitative estimate of drug-likeness (QED) is 0.783. The van der Waals surface area contributed by atoms with Crippen molar-refractivity contribution in [1.29, 1.82) is 0 Å². The van der Waals surface area contributed by atoms with Gasteiger partial charge in [0, 0.05) is 18.2 Å². The zero-order valence-corrected chi connectivity index (χ0v) is 14.2. The number of anilines is 1. The van der Waals surface area contributed by atoms with Crippen molar-refractivity contribution in [2.24, 2.45) is 0 Å². The lowest BCUT2D eigenvalue weighted by Gasteiger charge is -2.38. The first-order chi connectivity index (χ1) is 12.5. The maximum atomic E-state index is 12.7. The Morgan fingerprint density at radius 3 is 1.85 bits per heavy atom. The van der Waals surface area contributed by atoms with Gasteiger partial charge in [0.2, 0.25) is 5.91 Å². The number of hydrogen-bond acceptors (Lipinski definition) is 5. The summed E-state index contributed by atoms with van der Waals surface area (Å²) in [5.41, 5.74) is 0.936. The van der Waals surface area contributed by atoms with E-state index in [2.05, 4.69) is 0 Å². The minimum atomic E-state index is -0.715. The molecule has 3 rings (SSSR count). The van der Waals surface area contributed by atoms with E-state index in [1.165, 1.54) is 12.1 Å². The Kier molecular flexibility index (Phi) is 4.79. The first kappa shape index (κ1) is 17.3. The molecule has 1 fully saturated rings. The molecule has 1 heterocycles. The van der Waals surface area contributed by atoms with Crippen LogP contribution in [0.4, 0.5) is 5.69 Å². The van der Waals surface area contributed by atoms with Gasteiger partial charge in [-0.15, -0.1) is 0 Å². The van der Waals surface area contributed by atoms with E-state index in [1.54, 1.807) is 47.4 Å². The van der Waals surface area contributed by atoms with Gasteiger partial charge in [-0.05, 0) is 24.3 Å². The molecule has 1 saturated heterocycles. The molecular formula is C19H17N3O4. The minimum Gasteiger partial charge on any atom is -0.353 e. The van der Waals surface area contributed by atoms with Gasteiger partial charge in [-0.1, -0.05) is 36.4 Å². The molecule has 26 heavy (non-hydrogen) atoms. The van der Waals surface area contributed by atoms with Crippen LogP contribution in [0.3, 0.4) is 0 Å². The summed E-state index contributed by atoms with van der Waals surface area (Å²) in [6.07, 6.45) is 0. The number of nitrogens with zero attached hydrogens (tertiary/aromatic N) is 3. The van der Waals surface area contributed by atoms with Gasteiger partial charge in [0.05, 0.1) is 13.1 Å². The maximum absolute atomic E-state index is 12.7. The van der Waals surface area contributed by atoms with Gasteiger partial charge in [-0.25, -0.2) is 0 Å². The molecule has 2 aromatic carbocycles. The molecular weight excluding hydrogens is 334 g/mol. The molecule has 0 aromatic heterocycles. The summed E-state index contributed by atoms with van der Waals surface area (Å²) in [6.45, 7) is 0.925. The van der Waals surface area contributed by atoms with E-state index >= 15 is 0 Å². The van der Waals surface area contributed by atoms with Crippen molar-refractivity contribution >= 4 is 29.3 Å². The van der Waals surface area contributed by atoms with E-state index in [0.29, 0.717) is 10.0 Å². The smallest absolute Gasteiger partial charge is 0.280 e. The molecule has 0 saturated carbocycles. The van der Waals surface area contributed by atoms with Crippen LogP contribution >= 0.6 is 0 Å². The van der Waals surface area contributed by atoms with Crippen LogP contribution in [-0.2, 0) is 14.4 Å². The second-order valence-electron chi connectivity index (χ2n) is 5.79. The van der Waals surface area contributed by atoms with Gasteiger partial charge < -0.3 is 4.90 Å². The molecule has 1 aliphatic heterocycles. The lowest BCUT2D eigenvalue weighted by molar-refractivity contribution is -0.167. The third-order valence-electron chi connectivity index (χ3n) is 3.96. The Morgan fingerprint density at radius 1 is 0.846 bits per heavy atom. The van der Waals surface area contributed by atoms with Crippen molar-refractivity contribution in [3.05, 3.63) is 66.2 Å². The molecule has 7 heteroatoms. The zero-order valence-electron chi connectivity index (χ0n) is 14.2. The highest BCUT2D eigenvalue weighted by molar-refractivity contribution is 6.11. The van der Waals surface area contributed by atoms with Crippen LogP contribution in [0.15, 0.2) is 60.7 Å². The number of rotatable bonds is 3. The van der Waals surface area contributed by atoms with Crippen LogP contribution in [0.1, 0.15) is 17.3 Å². The number of carbonyl (C=O) groups is 4. The van der Waals surface area contributed by atoms with Crippen molar-refractivity contribution in [3.8, 4) is 0 Å². The first-order valence-electron chi connectivity index (χ1n) is 8.05. The molecule has 7 nitrogen and oxygen atoms in total. The third-order valence-corrected chi connectivity index (χ3v) is 3.96. The molecule has 0 atom stereocenters. The molecule has 132 valence electrons. The van der Waals surface area contributed by atoms with Gasteiger partial charge in [0.25, 0.3) is 17.7 Å². The number of carbonyl (C=O) groups excluding carboxylic acids is 4. The highest BCUT2D eigenvalue weighted by Gasteiger charge is 2.39. The van der Waals surface area contributed by atoms with E-state index in [-0.39, 0.29) is 18.7 Å². The fourth-order valence-corrected chi connectivity index (χ4v) is 2.78. The Bertz CT molecular complexity index is 834. The number of para-hydroxylation sites is 1. The normalized spacial score (nSPS) is 14.3. The molecule has 1 aliphatic rings. The third kappa shape index (κ3) is 3.32. The van der Waals surface area contributed by atoms with Gasteiger partial charge in [-0.3, -0.25) is 19.2 Å². The summed E-state index contributed by atoms with van der Waals surface area (Å²) < 4.78 is 0. The van der Waals surface area contributed by atoms with Gasteiger partial charge >= 0.3 is 0 Å². The Hall–Kier alpha value is -3.48. The van der Waals surface area contributed by atoms with Crippen molar-refractivity contribution in [2.75, 3.05) is 18.0 Å². The molecule has 0 aliphatic carbocycles. The summed E-state index contributed by atoms with van der Waals surface area (Å²) in [4.78, 5) is 51.5. The van der Waals surface area contributed by atoms with Crippen LogP contribution in [0.25, 0.3) is 0 Å². The van der Waals surface area contributed by atoms with E-state index in [1.807, 2.05) is 6.07 Å². The van der Waals surface area contributed by atoms with Crippen molar-refractivity contribution in [1.82, 2.24) is 10.0 Å². The zero-order chi connectivity index (χ0) is 18.7. The fourth-order valence-electron chi connectivity index (χ4n) is 2.78. The van der Waals surface area contributed by atoms with Crippen LogP contribution in [0.2, 0.25) is 0 Å². The largest absolute Gasteiger partial charge is 0.353 e. The Morgan fingerprint density at radius 2 is 1.35 bits per heavy atom. The lowest BCUT2D eigenvalue weighted by atomic mass is 10.2. The monoisotopic (exact) mass is 351 g/mol. The summed E-state index contributed by atoms with van der Waals surface area (Å²) in [7, 11) is 0. The highest BCUT2D eigenvalue weighted by Crippen LogP contribution is 2.19. The molecule has 0 spiro atoms. The molecule has 4 amide bonds.